The fourth-order valence-electron chi connectivity index (χ4n) is 1.70. The third-order valence-corrected chi connectivity index (χ3v) is 2.95. The molecule has 0 saturated carbocycles. The maximum atomic E-state index is 11.1. The van der Waals surface area contributed by atoms with Crippen LogP contribution in [0.1, 0.15) is 12.8 Å². The molecule has 0 aromatic heterocycles. The number of hydrogen-bond donors (Lipinski definition) is 3. The average Bonchev–Trinajstić information content (AvgIpc) is 2.54. The summed E-state index contributed by atoms with van der Waals surface area (Å²) in [7, 11) is 0. The molecule has 0 heterocycles. The van der Waals surface area contributed by atoms with E-state index >= 15 is 0 Å². The third-order valence-electron chi connectivity index (χ3n) is 2.95. The highest BCUT2D eigenvalue weighted by Crippen LogP contribution is 2.08. The maximum Gasteiger partial charge on any atom is 0.253 e. The van der Waals surface area contributed by atoms with Crippen LogP contribution in [0.5, 0.6) is 0 Å². The van der Waals surface area contributed by atoms with Gasteiger partial charge < -0.3 is 31.0 Å². The zero-order valence-corrected chi connectivity index (χ0v) is 12.8. The van der Waals surface area contributed by atoms with Gasteiger partial charge in [0, 0.05) is 19.8 Å². The number of nitrogen functional groups attached to an aromatic ring is 1. The summed E-state index contributed by atoms with van der Waals surface area (Å²) in [5.41, 5.74) is 9.82. The van der Waals surface area contributed by atoms with Gasteiger partial charge in [-0.2, -0.15) is 0 Å². The molecule has 8 heteroatoms. The van der Waals surface area contributed by atoms with Gasteiger partial charge in [-0.3, -0.25) is 9.59 Å². The largest absolute Gasteiger partial charge is 0.394 e. The van der Waals surface area contributed by atoms with E-state index in [1.54, 1.807) is 0 Å². The van der Waals surface area contributed by atoms with Gasteiger partial charge in [0.25, 0.3) is 10.9 Å². The number of ether oxygens (including phenoxy) is 3. The van der Waals surface area contributed by atoms with E-state index in [0.29, 0.717) is 59.2 Å². The molecule has 5 N–H and O–H groups in total. The molecule has 0 atom stereocenters. The smallest absolute Gasteiger partial charge is 0.253 e. The van der Waals surface area contributed by atoms with Crippen LogP contribution in [0.15, 0.2) is 9.59 Å². The topological polar surface area (TPSA) is 126 Å². The second-order valence-electron chi connectivity index (χ2n) is 4.71. The highest BCUT2D eigenvalue weighted by molar-refractivity contribution is 5.71. The quantitative estimate of drug-likeness (QED) is 0.297. The summed E-state index contributed by atoms with van der Waals surface area (Å²) in [6, 6.07) is 0. The molecule has 0 unspecified atom stereocenters. The monoisotopic (exact) mass is 315 g/mol. The molecule has 0 bridgehead atoms. The van der Waals surface area contributed by atoms with E-state index in [0.717, 1.165) is 6.42 Å². The molecule has 0 radical (unpaired) electrons. The van der Waals surface area contributed by atoms with Gasteiger partial charge in [0.2, 0.25) is 0 Å². The Balaban J connectivity index is 1.83. The number of rotatable bonds is 14. The van der Waals surface area contributed by atoms with Crippen LogP contribution in [0.25, 0.3) is 0 Å². The van der Waals surface area contributed by atoms with Gasteiger partial charge in [0.1, 0.15) is 11.4 Å². The van der Waals surface area contributed by atoms with Crippen LogP contribution in [-0.2, 0) is 14.2 Å². The lowest BCUT2D eigenvalue weighted by atomic mass is 10.2. The SMILES string of the molecule is NCCCOCCOCCOCCCNc1c(N)c(=O)c1=O. The van der Waals surface area contributed by atoms with Crippen molar-refractivity contribution in [3.63, 3.8) is 0 Å². The molecule has 8 nitrogen and oxygen atoms in total. The minimum atomic E-state index is -0.608. The summed E-state index contributed by atoms with van der Waals surface area (Å²) >= 11 is 0. The first-order valence-electron chi connectivity index (χ1n) is 7.44. The molecule has 1 aromatic rings. The highest BCUT2D eigenvalue weighted by atomic mass is 16.5. The molecule has 0 aliphatic rings. The first-order chi connectivity index (χ1) is 10.7. The Morgan fingerprint density at radius 2 is 1.36 bits per heavy atom. The van der Waals surface area contributed by atoms with E-state index in [1.165, 1.54) is 0 Å². The normalized spacial score (nSPS) is 11.1. The number of nitrogens with two attached hydrogens (primary N) is 2. The second-order valence-corrected chi connectivity index (χ2v) is 4.71. The lowest BCUT2D eigenvalue weighted by Crippen LogP contribution is -2.37. The molecule has 0 spiro atoms. The molecule has 0 saturated heterocycles. The van der Waals surface area contributed by atoms with Crippen molar-refractivity contribution in [1.29, 1.82) is 0 Å². The van der Waals surface area contributed by atoms with Crippen molar-refractivity contribution < 1.29 is 14.2 Å². The van der Waals surface area contributed by atoms with Crippen molar-refractivity contribution in [3.8, 4) is 0 Å². The highest BCUT2D eigenvalue weighted by Gasteiger charge is 2.16. The molecule has 0 fully saturated rings. The summed E-state index contributed by atoms with van der Waals surface area (Å²) in [6.45, 7) is 4.50. The first kappa shape index (κ1) is 18.6. The zero-order chi connectivity index (χ0) is 16.2. The third kappa shape index (κ3) is 6.52. The molecule has 1 aromatic carbocycles. The van der Waals surface area contributed by atoms with Crippen LogP contribution < -0.4 is 27.6 Å². The van der Waals surface area contributed by atoms with Crippen molar-refractivity contribution in [2.75, 3.05) is 63.8 Å². The molecule has 0 aliphatic carbocycles. The van der Waals surface area contributed by atoms with Gasteiger partial charge in [0.05, 0.1) is 26.4 Å². The van der Waals surface area contributed by atoms with Crippen LogP contribution in [0, 0.1) is 0 Å². The molecule has 22 heavy (non-hydrogen) atoms. The van der Waals surface area contributed by atoms with Crippen LogP contribution in [0.4, 0.5) is 11.4 Å². The second kappa shape index (κ2) is 11.1. The molecular formula is C14H25N3O5. The molecule has 126 valence electrons. The fourth-order valence-corrected chi connectivity index (χ4v) is 1.70. The Morgan fingerprint density at radius 1 is 0.818 bits per heavy atom. The number of anilines is 2. The average molecular weight is 315 g/mol. The van der Waals surface area contributed by atoms with E-state index in [4.69, 9.17) is 25.7 Å². The minimum Gasteiger partial charge on any atom is -0.394 e. The van der Waals surface area contributed by atoms with Crippen molar-refractivity contribution in [2.24, 2.45) is 5.73 Å². The van der Waals surface area contributed by atoms with Crippen molar-refractivity contribution in [1.82, 2.24) is 0 Å². The predicted molar refractivity (Wildman–Crippen MR) is 85.0 cm³/mol. The lowest BCUT2D eigenvalue weighted by Gasteiger charge is -2.10. The van der Waals surface area contributed by atoms with Gasteiger partial charge in [-0.1, -0.05) is 0 Å². The van der Waals surface area contributed by atoms with E-state index < -0.39 is 10.9 Å². The van der Waals surface area contributed by atoms with Gasteiger partial charge in [-0.05, 0) is 19.4 Å². The van der Waals surface area contributed by atoms with Crippen LogP contribution in [0.2, 0.25) is 0 Å². The number of hydrogen-bond acceptors (Lipinski definition) is 8. The summed E-state index contributed by atoms with van der Waals surface area (Å²) in [5.74, 6) is 0. The molecular weight excluding hydrogens is 290 g/mol. The van der Waals surface area contributed by atoms with E-state index in [9.17, 15) is 9.59 Å². The first-order valence-corrected chi connectivity index (χ1v) is 7.44. The summed E-state index contributed by atoms with van der Waals surface area (Å²) in [5, 5.41) is 2.83. The molecule has 1 rings (SSSR count). The Labute approximate surface area is 129 Å². The van der Waals surface area contributed by atoms with E-state index in [-0.39, 0.29) is 11.4 Å². The standard InChI is InChI=1S/C14H25N3O5/c15-3-1-5-20-7-9-22-10-8-21-6-2-4-17-12-11(16)13(18)14(12)19/h17H,1-10,15-16H2. The van der Waals surface area contributed by atoms with Crippen LogP contribution in [0.3, 0.4) is 0 Å². The zero-order valence-electron chi connectivity index (χ0n) is 12.8. The van der Waals surface area contributed by atoms with Crippen molar-refractivity contribution in [3.05, 3.63) is 20.4 Å². The minimum absolute atomic E-state index is 0.0213. The van der Waals surface area contributed by atoms with Crippen molar-refractivity contribution >= 4 is 11.4 Å². The van der Waals surface area contributed by atoms with E-state index in [1.807, 2.05) is 0 Å². The Morgan fingerprint density at radius 3 is 1.91 bits per heavy atom. The summed E-state index contributed by atoms with van der Waals surface area (Å²) < 4.78 is 16.0. The summed E-state index contributed by atoms with van der Waals surface area (Å²) in [4.78, 5) is 22.0. The van der Waals surface area contributed by atoms with E-state index in [2.05, 4.69) is 5.32 Å². The summed E-state index contributed by atoms with van der Waals surface area (Å²) in [6.07, 6.45) is 1.57. The number of nitrogens with one attached hydrogen (secondary N) is 1. The Hall–Kier alpha value is -1.48. The molecule has 0 amide bonds. The predicted octanol–water partition coefficient (Wildman–Crippen LogP) is -0.935. The Kier molecular flexibility index (Phi) is 9.40. The maximum absolute atomic E-state index is 11.1. The molecule has 0 aliphatic heterocycles. The van der Waals surface area contributed by atoms with Crippen LogP contribution in [-0.4, -0.2) is 52.7 Å². The Bertz CT molecular complexity index is 485. The van der Waals surface area contributed by atoms with Gasteiger partial charge in [-0.25, -0.2) is 0 Å². The fraction of sp³-hybridized carbons (Fsp3) is 0.714. The lowest BCUT2D eigenvalue weighted by molar-refractivity contribution is 0.0144. The van der Waals surface area contributed by atoms with Gasteiger partial charge >= 0.3 is 0 Å². The van der Waals surface area contributed by atoms with Gasteiger partial charge in [-0.15, -0.1) is 0 Å². The van der Waals surface area contributed by atoms with Crippen LogP contribution >= 0.6 is 0 Å². The van der Waals surface area contributed by atoms with Crippen molar-refractivity contribution in [2.45, 2.75) is 12.8 Å². The van der Waals surface area contributed by atoms with Gasteiger partial charge in [0.15, 0.2) is 0 Å².